The van der Waals surface area contributed by atoms with Crippen LogP contribution in [-0.2, 0) is 0 Å². The SMILES string of the molecule is Cl.N[C@H](c1c(Cl)cnc(Cl)c1Cl)C1CCCCC1. The third-order valence-corrected chi connectivity index (χ3v) is 4.52. The molecule has 1 aromatic heterocycles. The van der Waals surface area contributed by atoms with Gasteiger partial charge < -0.3 is 5.73 Å². The third kappa shape index (κ3) is 3.43. The van der Waals surface area contributed by atoms with Gasteiger partial charge >= 0.3 is 0 Å². The number of nitrogens with two attached hydrogens (primary N) is 1. The Balaban J connectivity index is 0.00000162. The highest BCUT2D eigenvalue weighted by Crippen LogP contribution is 2.40. The molecule has 0 bridgehead atoms. The lowest BCUT2D eigenvalue weighted by Gasteiger charge is -2.28. The molecule has 0 aromatic carbocycles. The van der Waals surface area contributed by atoms with Gasteiger partial charge in [0.15, 0.2) is 0 Å². The van der Waals surface area contributed by atoms with Gasteiger partial charge in [-0.15, -0.1) is 12.4 Å². The number of hydrogen-bond donors (Lipinski definition) is 1. The quantitative estimate of drug-likeness (QED) is 0.771. The summed E-state index contributed by atoms with van der Waals surface area (Å²) in [6.45, 7) is 0. The van der Waals surface area contributed by atoms with Crippen molar-refractivity contribution in [2.24, 2.45) is 11.7 Å². The van der Waals surface area contributed by atoms with Gasteiger partial charge in [-0.1, -0.05) is 54.1 Å². The minimum absolute atomic E-state index is 0. The van der Waals surface area contributed by atoms with Crippen LogP contribution in [0.5, 0.6) is 0 Å². The molecule has 1 aliphatic carbocycles. The van der Waals surface area contributed by atoms with Crippen molar-refractivity contribution in [3.05, 3.63) is 27.0 Å². The minimum Gasteiger partial charge on any atom is -0.324 e. The van der Waals surface area contributed by atoms with Gasteiger partial charge in [-0.05, 0) is 18.8 Å². The van der Waals surface area contributed by atoms with E-state index in [9.17, 15) is 0 Å². The summed E-state index contributed by atoms with van der Waals surface area (Å²) >= 11 is 18.2. The zero-order valence-corrected chi connectivity index (χ0v) is 12.9. The fourth-order valence-electron chi connectivity index (χ4n) is 2.49. The first-order chi connectivity index (χ1) is 8.11. The van der Waals surface area contributed by atoms with E-state index in [2.05, 4.69) is 4.98 Å². The maximum Gasteiger partial charge on any atom is 0.148 e. The van der Waals surface area contributed by atoms with E-state index in [0.717, 1.165) is 18.4 Å². The van der Waals surface area contributed by atoms with Gasteiger partial charge in [0.25, 0.3) is 0 Å². The molecule has 6 heteroatoms. The first-order valence-electron chi connectivity index (χ1n) is 5.86. The molecule has 0 unspecified atom stereocenters. The highest BCUT2D eigenvalue weighted by atomic mass is 35.5. The van der Waals surface area contributed by atoms with Gasteiger partial charge in [0.1, 0.15) is 5.15 Å². The molecule has 0 saturated heterocycles. The Hall–Kier alpha value is 0.270. The number of pyridine rings is 1. The molecule has 1 aromatic rings. The summed E-state index contributed by atoms with van der Waals surface area (Å²) in [6.07, 6.45) is 7.54. The van der Waals surface area contributed by atoms with E-state index in [1.165, 1.54) is 25.5 Å². The molecule has 18 heavy (non-hydrogen) atoms. The van der Waals surface area contributed by atoms with Crippen LogP contribution in [0.15, 0.2) is 6.20 Å². The molecule has 2 rings (SSSR count). The highest BCUT2D eigenvalue weighted by Gasteiger charge is 2.26. The maximum absolute atomic E-state index is 6.28. The molecule has 1 fully saturated rings. The summed E-state index contributed by atoms with van der Waals surface area (Å²) in [6, 6.07) is -0.143. The summed E-state index contributed by atoms with van der Waals surface area (Å²) in [5.74, 6) is 0.442. The smallest absolute Gasteiger partial charge is 0.148 e. The maximum atomic E-state index is 6.28. The van der Waals surface area contributed by atoms with Crippen molar-refractivity contribution in [3.63, 3.8) is 0 Å². The van der Waals surface area contributed by atoms with E-state index >= 15 is 0 Å². The molecule has 1 saturated carbocycles. The van der Waals surface area contributed by atoms with Gasteiger partial charge in [-0.25, -0.2) is 4.98 Å². The Kier molecular flexibility index (Phi) is 6.49. The number of nitrogens with zero attached hydrogens (tertiary/aromatic N) is 1. The van der Waals surface area contributed by atoms with Crippen LogP contribution in [0.1, 0.15) is 43.7 Å². The van der Waals surface area contributed by atoms with Crippen LogP contribution in [-0.4, -0.2) is 4.98 Å². The van der Waals surface area contributed by atoms with Gasteiger partial charge in [-0.3, -0.25) is 0 Å². The first kappa shape index (κ1) is 16.3. The van der Waals surface area contributed by atoms with Crippen molar-refractivity contribution >= 4 is 47.2 Å². The van der Waals surface area contributed by atoms with Crippen LogP contribution < -0.4 is 5.73 Å². The summed E-state index contributed by atoms with van der Waals surface area (Å²) in [7, 11) is 0. The monoisotopic (exact) mass is 328 g/mol. The first-order valence-corrected chi connectivity index (χ1v) is 6.99. The van der Waals surface area contributed by atoms with Crippen LogP contribution in [0.4, 0.5) is 0 Å². The number of halogens is 4. The third-order valence-electron chi connectivity index (χ3n) is 3.46. The van der Waals surface area contributed by atoms with Crippen molar-refractivity contribution in [3.8, 4) is 0 Å². The van der Waals surface area contributed by atoms with Gasteiger partial charge in [0, 0.05) is 17.8 Å². The number of rotatable bonds is 2. The molecule has 0 aliphatic heterocycles. The van der Waals surface area contributed by atoms with E-state index in [1.54, 1.807) is 0 Å². The van der Waals surface area contributed by atoms with Crippen molar-refractivity contribution in [2.75, 3.05) is 0 Å². The fourth-order valence-corrected chi connectivity index (χ4v) is 3.23. The second-order valence-corrected chi connectivity index (χ2v) is 5.69. The summed E-state index contributed by atoms with van der Waals surface area (Å²) in [5, 5.41) is 1.19. The Morgan fingerprint density at radius 2 is 1.78 bits per heavy atom. The van der Waals surface area contributed by atoms with E-state index in [0.29, 0.717) is 16.0 Å². The topological polar surface area (TPSA) is 38.9 Å². The minimum atomic E-state index is -0.143. The average Bonchev–Trinajstić information content (AvgIpc) is 2.35. The van der Waals surface area contributed by atoms with Crippen LogP contribution in [0, 0.1) is 5.92 Å². The van der Waals surface area contributed by atoms with E-state index < -0.39 is 0 Å². The lowest BCUT2D eigenvalue weighted by Crippen LogP contribution is -2.24. The summed E-state index contributed by atoms with van der Waals surface area (Å²) in [5.41, 5.74) is 7.04. The molecule has 1 aliphatic rings. The van der Waals surface area contributed by atoms with Crippen LogP contribution >= 0.6 is 47.2 Å². The van der Waals surface area contributed by atoms with E-state index in [-0.39, 0.29) is 23.6 Å². The fraction of sp³-hybridized carbons (Fsp3) is 0.583. The normalized spacial score (nSPS) is 18.2. The predicted octanol–water partition coefficient (Wildman–Crippen LogP) is 5.04. The molecule has 1 atom stereocenters. The number of aromatic nitrogens is 1. The number of hydrogen-bond acceptors (Lipinski definition) is 2. The molecular formula is C12H16Cl4N2. The average molecular weight is 330 g/mol. The highest BCUT2D eigenvalue weighted by molar-refractivity contribution is 6.43. The zero-order valence-electron chi connectivity index (χ0n) is 9.83. The second kappa shape index (κ2) is 7.16. The van der Waals surface area contributed by atoms with E-state index in [1.807, 2.05) is 0 Å². The predicted molar refractivity (Wildman–Crippen MR) is 80.0 cm³/mol. The Morgan fingerprint density at radius 3 is 2.39 bits per heavy atom. The molecule has 2 nitrogen and oxygen atoms in total. The van der Waals surface area contributed by atoms with Crippen LogP contribution in [0.2, 0.25) is 15.2 Å². The molecule has 2 N–H and O–H groups in total. The molecule has 102 valence electrons. The lowest BCUT2D eigenvalue weighted by molar-refractivity contribution is 0.308. The van der Waals surface area contributed by atoms with Crippen LogP contribution in [0.25, 0.3) is 0 Å². The zero-order chi connectivity index (χ0) is 12.4. The Labute approximate surface area is 129 Å². The molecule has 1 heterocycles. The van der Waals surface area contributed by atoms with Crippen LogP contribution in [0.3, 0.4) is 0 Å². The van der Waals surface area contributed by atoms with Gasteiger partial charge in [-0.2, -0.15) is 0 Å². The van der Waals surface area contributed by atoms with Crippen molar-refractivity contribution in [1.82, 2.24) is 4.98 Å². The second-order valence-electron chi connectivity index (χ2n) is 4.55. The summed E-state index contributed by atoms with van der Waals surface area (Å²) < 4.78 is 0. The lowest BCUT2D eigenvalue weighted by atomic mass is 9.82. The van der Waals surface area contributed by atoms with Gasteiger partial charge in [0.05, 0.1) is 10.0 Å². The van der Waals surface area contributed by atoms with Gasteiger partial charge in [0.2, 0.25) is 0 Å². The Morgan fingerprint density at radius 1 is 1.17 bits per heavy atom. The molecule has 0 amide bonds. The Bertz CT molecular complexity index is 405. The largest absolute Gasteiger partial charge is 0.324 e. The molecule has 0 radical (unpaired) electrons. The van der Waals surface area contributed by atoms with Crippen molar-refractivity contribution in [1.29, 1.82) is 0 Å². The summed E-state index contributed by atoms with van der Waals surface area (Å²) in [4.78, 5) is 3.91. The standard InChI is InChI=1S/C12H15Cl3N2.ClH/c13-8-6-17-12(15)10(14)9(8)11(16)7-4-2-1-3-5-7;/h6-7,11H,1-5,16H2;1H/t11-;/m0./s1. The van der Waals surface area contributed by atoms with E-state index in [4.69, 9.17) is 40.5 Å². The molecule has 0 spiro atoms. The van der Waals surface area contributed by atoms with Crippen molar-refractivity contribution < 1.29 is 0 Å². The molecular weight excluding hydrogens is 314 g/mol. The van der Waals surface area contributed by atoms with Crippen molar-refractivity contribution in [2.45, 2.75) is 38.1 Å².